The minimum atomic E-state index is -0.258. The van der Waals surface area contributed by atoms with E-state index >= 15 is 0 Å². The quantitative estimate of drug-likeness (QED) is 0.825. The van der Waals surface area contributed by atoms with Gasteiger partial charge in [0.2, 0.25) is 5.95 Å². The molecule has 1 aromatic heterocycles. The molecular weight excluding hydrogens is 319 g/mol. The van der Waals surface area contributed by atoms with Crippen LogP contribution in [0.1, 0.15) is 31.9 Å². The molecule has 0 radical (unpaired) electrons. The third-order valence-electron chi connectivity index (χ3n) is 4.40. The molecule has 1 N–H and O–H groups in total. The summed E-state index contributed by atoms with van der Waals surface area (Å²) in [5.74, 6) is 1.23. The number of rotatable bonds is 7. The van der Waals surface area contributed by atoms with Crippen LogP contribution >= 0.6 is 0 Å². The fraction of sp³-hybridized carbons (Fsp3) is 0.474. The van der Waals surface area contributed by atoms with E-state index in [2.05, 4.69) is 28.2 Å². The molecule has 6 heteroatoms. The number of nitrogens with one attached hydrogen (secondary N) is 1. The number of aryl methyl sites for hydroxylation is 1. The lowest BCUT2D eigenvalue weighted by Gasteiger charge is -2.26. The van der Waals surface area contributed by atoms with Crippen molar-refractivity contribution < 1.29 is 9.13 Å². The Balaban J connectivity index is 1.87. The van der Waals surface area contributed by atoms with E-state index in [1.54, 1.807) is 19.2 Å². The monoisotopic (exact) mass is 344 g/mol. The number of hydrogen-bond acceptors (Lipinski definition) is 5. The van der Waals surface area contributed by atoms with Gasteiger partial charge in [-0.15, -0.1) is 0 Å². The van der Waals surface area contributed by atoms with Gasteiger partial charge in [0.25, 0.3) is 0 Å². The van der Waals surface area contributed by atoms with Gasteiger partial charge in [0.1, 0.15) is 11.6 Å². The second-order valence-corrected chi connectivity index (χ2v) is 6.37. The van der Waals surface area contributed by atoms with E-state index in [-0.39, 0.29) is 5.82 Å². The molecule has 5 nitrogen and oxygen atoms in total. The van der Waals surface area contributed by atoms with Crippen molar-refractivity contribution in [1.29, 1.82) is 0 Å². The van der Waals surface area contributed by atoms with Crippen molar-refractivity contribution in [2.45, 2.75) is 38.6 Å². The van der Waals surface area contributed by atoms with Crippen LogP contribution < -0.4 is 10.2 Å². The third-order valence-corrected chi connectivity index (χ3v) is 4.40. The van der Waals surface area contributed by atoms with Crippen LogP contribution in [0.3, 0.4) is 0 Å². The van der Waals surface area contributed by atoms with Gasteiger partial charge in [-0.1, -0.05) is 13.3 Å². The number of nitrogens with zero attached hydrogens (tertiary/aromatic N) is 3. The maximum absolute atomic E-state index is 13.1. The molecule has 134 valence electrons. The highest BCUT2D eigenvalue weighted by molar-refractivity contribution is 5.56. The molecule has 1 aromatic carbocycles. The van der Waals surface area contributed by atoms with Crippen LogP contribution in [0.4, 0.5) is 21.8 Å². The predicted octanol–water partition coefficient (Wildman–Crippen LogP) is 3.93. The molecule has 2 aromatic rings. The Kier molecular flexibility index (Phi) is 5.81. The highest BCUT2D eigenvalue weighted by Gasteiger charge is 2.26. The minimum Gasteiger partial charge on any atom is -0.383 e. The van der Waals surface area contributed by atoms with Crippen molar-refractivity contribution in [2.24, 2.45) is 0 Å². The highest BCUT2D eigenvalue weighted by Crippen LogP contribution is 2.26. The van der Waals surface area contributed by atoms with Gasteiger partial charge in [0.05, 0.1) is 12.6 Å². The second-order valence-electron chi connectivity index (χ2n) is 6.37. The normalized spacial score (nSPS) is 17.1. The lowest BCUT2D eigenvalue weighted by atomic mass is 10.2. The molecule has 1 saturated heterocycles. The molecule has 0 aliphatic carbocycles. The van der Waals surface area contributed by atoms with Gasteiger partial charge in [-0.25, -0.2) is 9.37 Å². The predicted molar refractivity (Wildman–Crippen MR) is 98.0 cm³/mol. The SMILES string of the molecule is CCCc1cc(N2CCC[C@@H]2COC)nc(Nc2ccc(F)cc2)n1. The van der Waals surface area contributed by atoms with Gasteiger partial charge in [0, 0.05) is 31.1 Å². The van der Waals surface area contributed by atoms with E-state index in [0.29, 0.717) is 18.6 Å². The third kappa shape index (κ3) is 4.45. The molecule has 0 saturated carbocycles. The number of methoxy groups -OCH3 is 1. The van der Waals surface area contributed by atoms with Gasteiger partial charge < -0.3 is 15.0 Å². The van der Waals surface area contributed by atoms with Crippen molar-refractivity contribution >= 4 is 17.5 Å². The standard InChI is InChI=1S/C19H25FN4O/c1-3-5-16-12-18(24-11-4-6-17(24)13-25-2)23-19(22-16)21-15-9-7-14(20)8-10-15/h7-10,12,17H,3-6,11,13H2,1-2H3,(H,21,22,23)/t17-/m1/s1. The topological polar surface area (TPSA) is 50.3 Å². The first-order valence-electron chi connectivity index (χ1n) is 8.85. The zero-order chi connectivity index (χ0) is 17.6. The molecule has 1 aliphatic heterocycles. The number of aromatic nitrogens is 2. The van der Waals surface area contributed by atoms with E-state index < -0.39 is 0 Å². The highest BCUT2D eigenvalue weighted by atomic mass is 19.1. The average Bonchev–Trinajstić information content (AvgIpc) is 3.06. The van der Waals surface area contributed by atoms with Crippen LogP contribution in [0.15, 0.2) is 30.3 Å². The van der Waals surface area contributed by atoms with E-state index in [4.69, 9.17) is 9.72 Å². The Morgan fingerprint density at radius 2 is 2.08 bits per heavy atom. The van der Waals surface area contributed by atoms with Crippen molar-refractivity contribution in [3.8, 4) is 0 Å². The zero-order valence-corrected chi connectivity index (χ0v) is 14.8. The summed E-state index contributed by atoms with van der Waals surface area (Å²) in [6.45, 7) is 3.82. The van der Waals surface area contributed by atoms with Gasteiger partial charge in [-0.05, 0) is 43.5 Å². The van der Waals surface area contributed by atoms with Gasteiger partial charge in [-0.2, -0.15) is 4.98 Å². The van der Waals surface area contributed by atoms with Crippen LogP contribution in [-0.2, 0) is 11.2 Å². The molecule has 2 heterocycles. The first kappa shape index (κ1) is 17.6. The lowest BCUT2D eigenvalue weighted by Crippen LogP contribution is -2.33. The lowest BCUT2D eigenvalue weighted by molar-refractivity contribution is 0.180. The summed E-state index contributed by atoms with van der Waals surface area (Å²) in [4.78, 5) is 11.6. The van der Waals surface area contributed by atoms with Gasteiger partial charge in [-0.3, -0.25) is 0 Å². The van der Waals surface area contributed by atoms with Crippen LogP contribution in [0.2, 0.25) is 0 Å². The summed E-state index contributed by atoms with van der Waals surface area (Å²) < 4.78 is 18.5. The van der Waals surface area contributed by atoms with Gasteiger partial charge in [0.15, 0.2) is 0 Å². The summed E-state index contributed by atoms with van der Waals surface area (Å²) in [6, 6.07) is 8.66. The molecule has 0 unspecified atom stereocenters. The largest absolute Gasteiger partial charge is 0.383 e. The molecule has 1 atom stereocenters. The molecule has 0 amide bonds. The number of benzene rings is 1. The summed E-state index contributed by atoms with van der Waals surface area (Å²) >= 11 is 0. The first-order valence-corrected chi connectivity index (χ1v) is 8.85. The van der Waals surface area contributed by atoms with E-state index in [1.165, 1.54) is 12.1 Å². The minimum absolute atomic E-state index is 0.258. The maximum atomic E-state index is 13.1. The number of anilines is 3. The fourth-order valence-corrected chi connectivity index (χ4v) is 3.24. The Labute approximate surface area is 148 Å². The smallest absolute Gasteiger partial charge is 0.229 e. The van der Waals surface area contributed by atoms with Crippen molar-refractivity contribution in [3.05, 3.63) is 41.8 Å². The van der Waals surface area contributed by atoms with Crippen molar-refractivity contribution in [2.75, 3.05) is 30.5 Å². The van der Waals surface area contributed by atoms with Crippen LogP contribution in [0, 0.1) is 5.82 Å². The molecule has 0 spiro atoms. The number of halogens is 1. The fourth-order valence-electron chi connectivity index (χ4n) is 3.24. The summed E-state index contributed by atoms with van der Waals surface area (Å²) in [6.07, 6.45) is 4.17. The second kappa shape index (κ2) is 8.25. The van der Waals surface area contributed by atoms with Gasteiger partial charge >= 0.3 is 0 Å². The summed E-state index contributed by atoms with van der Waals surface area (Å²) in [7, 11) is 1.74. The molecule has 0 bridgehead atoms. The van der Waals surface area contributed by atoms with Crippen LogP contribution in [0.25, 0.3) is 0 Å². The molecule has 1 fully saturated rings. The average molecular weight is 344 g/mol. The zero-order valence-electron chi connectivity index (χ0n) is 14.8. The molecule has 25 heavy (non-hydrogen) atoms. The van der Waals surface area contributed by atoms with Crippen molar-refractivity contribution in [1.82, 2.24) is 9.97 Å². The van der Waals surface area contributed by atoms with Crippen molar-refractivity contribution in [3.63, 3.8) is 0 Å². The van der Waals surface area contributed by atoms with E-state index in [0.717, 1.165) is 49.4 Å². The molecular formula is C19H25FN4O. The van der Waals surface area contributed by atoms with E-state index in [9.17, 15) is 4.39 Å². The van der Waals surface area contributed by atoms with Crippen LogP contribution in [0.5, 0.6) is 0 Å². The summed E-state index contributed by atoms with van der Waals surface area (Å²) in [5.41, 5.74) is 1.79. The Hall–Kier alpha value is -2.21. The first-order chi connectivity index (χ1) is 12.2. The molecule has 1 aliphatic rings. The number of hydrogen-bond donors (Lipinski definition) is 1. The Morgan fingerprint density at radius 3 is 2.80 bits per heavy atom. The maximum Gasteiger partial charge on any atom is 0.229 e. The van der Waals surface area contributed by atoms with E-state index in [1.807, 2.05) is 0 Å². The van der Waals surface area contributed by atoms with Crippen LogP contribution in [-0.4, -0.2) is 36.3 Å². The molecule has 3 rings (SSSR count). The summed E-state index contributed by atoms with van der Waals surface area (Å²) in [5, 5.41) is 3.19. The number of ether oxygens (including phenoxy) is 1. The Bertz CT molecular complexity index is 692. The Morgan fingerprint density at radius 1 is 1.28 bits per heavy atom.